The fourth-order valence-corrected chi connectivity index (χ4v) is 3.42. The zero-order valence-corrected chi connectivity index (χ0v) is 13.9. The standard InChI is InChI=1S/C15H22ClN3S/c1-4-9-17-15(13-7-8-14(16)20-13)12-10-11(5-2)18-19(12)6-3/h7-8,10,15,17H,4-6,9H2,1-3H3. The predicted molar refractivity (Wildman–Crippen MR) is 86.7 cm³/mol. The molecule has 3 nitrogen and oxygen atoms in total. The number of nitrogens with zero attached hydrogens (tertiary/aromatic N) is 2. The van der Waals surface area contributed by atoms with Gasteiger partial charge in [-0.15, -0.1) is 11.3 Å². The van der Waals surface area contributed by atoms with Crippen molar-refractivity contribution in [3.63, 3.8) is 0 Å². The Bertz CT molecular complexity index is 547. The Morgan fingerprint density at radius 3 is 2.70 bits per heavy atom. The maximum atomic E-state index is 6.10. The third-order valence-electron chi connectivity index (χ3n) is 3.30. The number of hydrogen-bond donors (Lipinski definition) is 1. The number of halogens is 1. The van der Waals surface area contributed by atoms with Gasteiger partial charge in [-0.2, -0.15) is 5.10 Å². The summed E-state index contributed by atoms with van der Waals surface area (Å²) in [7, 11) is 0. The van der Waals surface area contributed by atoms with Gasteiger partial charge < -0.3 is 5.32 Å². The van der Waals surface area contributed by atoms with E-state index in [9.17, 15) is 0 Å². The lowest BCUT2D eigenvalue weighted by Crippen LogP contribution is -2.25. The Hall–Kier alpha value is -0.840. The normalized spacial score (nSPS) is 12.8. The minimum Gasteiger partial charge on any atom is -0.304 e. The molecule has 0 spiro atoms. The van der Waals surface area contributed by atoms with Crippen molar-refractivity contribution in [3.8, 4) is 0 Å². The van der Waals surface area contributed by atoms with Crippen LogP contribution < -0.4 is 5.32 Å². The van der Waals surface area contributed by atoms with E-state index >= 15 is 0 Å². The first-order chi connectivity index (χ1) is 9.69. The van der Waals surface area contributed by atoms with Gasteiger partial charge in [0.1, 0.15) is 0 Å². The highest BCUT2D eigenvalue weighted by Gasteiger charge is 2.20. The third kappa shape index (κ3) is 3.43. The minimum absolute atomic E-state index is 0.181. The second-order valence-corrected chi connectivity index (χ2v) is 6.51. The van der Waals surface area contributed by atoms with Crippen molar-refractivity contribution in [3.05, 3.63) is 38.8 Å². The van der Waals surface area contributed by atoms with Gasteiger partial charge >= 0.3 is 0 Å². The van der Waals surface area contributed by atoms with Crippen molar-refractivity contribution in [2.24, 2.45) is 0 Å². The van der Waals surface area contributed by atoms with E-state index in [-0.39, 0.29) is 6.04 Å². The summed E-state index contributed by atoms with van der Waals surface area (Å²) in [5, 5.41) is 8.28. The first kappa shape index (κ1) is 15.5. The first-order valence-corrected chi connectivity index (χ1v) is 8.44. The van der Waals surface area contributed by atoms with Crippen LogP contribution >= 0.6 is 22.9 Å². The highest BCUT2D eigenvalue weighted by atomic mass is 35.5. The molecule has 110 valence electrons. The van der Waals surface area contributed by atoms with Gasteiger partial charge in [0, 0.05) is 11.4 Å². The molecular weight excluding hydrogens is 290 g/mol. The average Bonchev–Trinajstić information content (AvgIpc) is 3.06. The Balaban J connectivity index is 2.37. The zero-order valence-electron chi connectivity index (χ0n) is 12.3. The van der Waals surface area contributed by atoms with Crippen molar-refractivity contribution in [2.45, 2.75) is 46.2 Å². The molecule has 1 atom stereocenters. The Kier molecular flexibility index (Phi) is 5.64. The number of hydrogen-bond acceptors (Lipinski definition) is 3. The molecule has 0 aliphatic heterocycles. The molecule has 20 heavy (non-hydrogen) atoms. The Morgan fingerprint density at radius 1 is 1.35 bits per heavy atom. The van der Waals surface area contributed by atoms with E-state index in [1.807, 2.05) is 6.07 Å². The predicted octanol–water partition coefficient (Wildman–Crippen LogP) is 4.27. The SMILES string of the molecule is CCCNC(c1ccc(Cl)s1)c1cc(CC)nn1CC. The molecule has 2 aromatic heterocycles. The molecule has 0 bridgehead atoms. The number of aryl methyl sites for hydroxylation is 2. The van der Waals surface area contributed by atoms with Crippen molar-refractivity contribution in [2.75, 3.05) is 6.54 Å². The summed E-state index contributed by atoms with van der Waals surface area (Å²) in [6.45, 7) is 8.33. The Morgan fingerprint density at radius 2 is 2.15 bits per heavy atom. The van der Waals surface area contributed by atoms with E-state index < -0.39 is 0 Å². The second kappa shape index (κ2) is 7.25. The summed E-state index contributed by atoms with van der Waals surface area (Å²) in [5.41, 5.74) is 2.38. The molecule has 0 fully saturated rings. The number of thiophene rings is 1. The molecule has 0 saturated carbocycles. The highest BCUT2D eigenvalue weighted by Crippen LogP contribution is 2.31. The topological polar surface area (TPSA) is 29.9 Å². The van der Waals surface area contributed by atoms with E-state index in [1.54, 1.807) is 11.3 Å². The highest BCUT2D eigenvalue weighted by molar-refractivity contribution is 7.16. The van der Waals surface area contributed by atoms with Crippen LogP contribution in [0.4, 0.5) is 0 Å². The summed E-state index contributed by atoms with van der Waals surface area (Å²) in [4.78, 5) is 1.25. The van der Waals surface area contributed by atoms with Crippen molar-refractivity contribution < 1.29 is 0 Å². The monoisotopic (exact) mass is 311 g/mol. The molecule has 0 aliphatic carbocycles. The van der Waals surface area contributed by atoms with Crippen molar-refractivity contribution >= 4 is 22.9 Å². The van der Waals surface area contributed by atoms with Crippen LogP contribution in [0.3, 0.4) is 0 Å². The molecule has 1 N–H and O–H groups in total. The zero-order chi connectivity index (χ0) is 14.5. The Labute approximate surface area is 130 Å². The van der Waals surface area contributed by atoms with Gasteiger partial charge in [-0.05, 0) is 44.5 Å². The van der Waals surface area contributed by atoms with Crippen LogP contribution in [0.2, 0.25) is 4.34 Å². The molecule has 0 saturated heterocycles. The summed E-state index contributed by atoms with van der Waals surface area (Å²) in [6.07, 6.45) is 2.07. The fraction of sp³-hybridized carbons (Fsp3) is 0.533. The molecular formula is C15H22ClN3S. The van der Waals surface area contributed by atoms with E-state index in [2.05, 4.69) is 48.0 Å². The van der Waals surface area contributed by atoms with Crippen LogP contribution in [0.25, 0.3) is 0 Å². The van der Waals surface area contributed by atoms with Crippen LogP contribution in [-0.4, -0.2) is 16.3 Å². The first-order valence-electron chi connectivity index (χ1n) is 7.24. The lowest BCUT2D eigenvalue weighted by atomic mass is 10.1. The molecule has 5 heteroatoms. The summed E-state index contributed by atoms with van der Waals surface area (Å²) in [5.74, 6) is 0. The van der Waals surface area contributed by atoms with E-state index in [1.165, 1.54) is 10.6 Å². The summed E-state index contributed by atoms with van der Waals surface area (Å²) in [6, 6.07) is 6.47. The molecule has 0 aromatic carbocycles. The van der Waals surface area contributed by atoms with Crippen LogP contribution in [0.15, 0.2) is 18.2 Å². The largest absolute Gasteiger partial charge is 0.304 e. The van der Waals surface area contributed by atoms with Gasteiger partial charge in [-0.25, -0.2) is 0 Å². The molecule has 2 aromatic rings. The smallest absolute Gasteiger partial charge is 0.0931 e. The fourth-order valence-electron chi connectivity index (χ4n) is 2.27. The van der Waals surface area contributed by atoms with Gasteiger partial charge in [0.2, 0.25) is 0 Å². The number of aromatic nitrogens is 2. The lowest BCUT2D eigenvalue weighted by Gasteiger charge is -2.18. The lowest BCUT2D eigenvalue weighted by molar-refractivity contribution is 0.533. The third-order valence-corrected chi connectivity index (χ3v) is 4.59. The maximum absolute atomic E-state index is 6.10. The van der Waals surface area contributed by atoms with Crippen LogP contribution in [-0.2, 0) is 13.0 Å². The van der Waals surface area contributed by atoms with Crippen LogP contribution in [0.5, 0.6) is 0 Å². The maximum Gasteiger partial charge on any atom is 0.0931 e. The van der Waals surface area contributed by atoms with Gasteiger partial charge in [-0.3, -0.25) is 4.68 Å². The van der Waals surface area contributed by atoms with E-state index in [0.29, 0.717) is 0 Å². The summed E-state index contributed by atoms with van der Waals surface area (Å²) < 4.78 is 2.93. The quantitative estimate of drug-likeness (QED) is 0.827. The number of nitrogens with one attached hydrogen (secondary N) is 1. The second-order valence-electron chi connectivity index (χ2n) is 4.76. The molecule has 0 amide bonds. The molecule has 0 aliphatic rings. The molecule has 2 heterocycles. The van der Waals surface area contributed by atoms with Gasteiger partial charge in [0.05, 0.1) is 21.8 Å². The van der Waals surface area contributed by atoms with Crippen LogP contribution in [0, 0.1) is 0 Å². The molecule has 2 rings (SSSR count). The molecule has 1 unspecified atom stereocenters. The minimum atomic E-state index is 0.181. The van der Waals surface area contributed by atoms with Crippen molar-refractivity contribution in [1.82, 2.24) is 15.1 Å². The van der Waals surface area contributed by atoms with Gasteiger partial charge in [0.25, 0.3) is 0 Å². The molecule has 0 radical (unpaired) electrons. The van der Waals surface area contributed by atoms with Crippen LogP contribution in [0.1, 0.15) is 49.5 Å². The number of rotatable bonds is 7. The van der Waals surface area contributed by atoms with Gasteiger partial charge in [0.15, 0.2) is 0 Å². The average molecular weight is 312 g/mol. The summed E-state index contributed by atoms with van der Waals surface area (Å²) >= 11 is 7.74. The van der Waals surface area contributed by atoms with Gasteiger partial charge in [-0.1, -0.05) is 25.4 Å². The van der Waals surface area contributed by atoms with E-state index in [4.69, 9.17) is 11.6 Å². The van der Waals surface area contributed by atoms with Crippen molar-refractivity contribution in [1.29, 1.82) is 0 Å². The van der Waals surface area contributed by atoms with E-state index in [0.717, 1.165) is 36.0 Å².